The summed E-state index contributed by atoms with van der Waals surface area (Å²) in [7, 11) is 0. The van der Waals surface area contributed by atoms with Crippen molar-refractivity contribution in [2.75, 3.05) is 6.61 Å². The van der Waals surface area contributed by atoms with Gasteiger partial charge in [-0.05, 0) is 17.7 Å². The van der Waals surface area contributed by atoms with Crippen LogP contribution < -0.4 is 11.2 Å². The third kappa shape index (κ3) is 4.26. The van der Waals surface area contributed by atoms with Gasteiger partial charge < -0.3 is 10.8 Å². The van der Waals surface area contributed by atoms with E-state index in [1.807, 2.05) is 0 Å². The van der Waals surface area contributed by atoms with E-state index in [4.69, 9.17) is 10.8 Å². The Morgan fingerprint density at radius 3 is 2.75 bits per heavy atom. The number of aliphatic hydroxyl groups is 1. The van der Waals surface area contributed by atoms with Gasteiger partial charge in [0.1, 0.15) is 6.61 Å². The second kappa shape index (κ2) is 6.22. The number of hydrazone groups is 1. The molecule has 0 bridgehead atoms. The van der Waals surface area contributed by atoms with E-state index in [1.54, 1.807) is 24.3 Å². The normalized spacial score (nSPS) is 9.56. The van der Waals surface area contributed by atoms with Crippen LogP contribution in [0.1, 0.15) is 11.1 Å². The van der Waals surface area contributed by atoms with Gasteiger partial charge in [0.15, 0.2) is 0 Å². The number of amides is 2. The van der Waals surface area contributed by atoms with Crippen LogP contribution in [0.15, 0.2) is 29.4 Å². The predicted molar refractivity (Wildman–Crippen MR) is 60.7 cm³/mol. The lowest BCUT2D eigenvalue weighted by Gasteiger charge is -1.94. The molecule has 0 heterocycles. The smallest absolute Gasteiger partial charge is 0.332 e. The molecule has 0 aromatic heterocycles. The molecule has 5 heteroatoms. The van der Waals surface area contributed by atoms with Gasteiger partial charge in [-0.25, -0.2) is 10.2 Å². The first-order valence-corrected chi connectivity index (χ1v) is 4.50. The summed E-state index contributed by atoms with van der Waals surface area (Å²) >= 11 is 0. The van der Waals surface area contributed by atoms with Crippen molar-refractivity contribution >= 4 is 12.2 Å². The average molecular weight is 217 g/mol. The van der Waals surface area contributed by atoms with Crippen molar-refractivity contribution < 1.29 is 9.90 Å². The summed E-state index contributed by atoms with van der Waals surface area (Å²) < 4.78 is 0. The van der Waals surface area contributed by atoms with E-state index in [0.717, 1.165) is 11.1 Å². The number of primary amides is 1. The lowest BCUT2D eigenvalue weighted by Crippen LogP contribution is -2.24. The number of carbonyl (C=O) groups excluding carboxylic acids is 1. The van der Waals surface area contributed by atoms with E-state index in [-0.39, 0.29) is 6.61 Å². The Hall–Kier alpha value is -2.32. The molecule has 1 rings (SSSR count). The van der Waals surface area contributed by atoms with E-state index >= 15 is 0 Å². The van der Waals surface area contributed by atoms with E-state index in [0.29, 0.717) is 0 Å². The number of benzene rings is 1. The molecule has 0 spiro atoms. The van der Waals surface area contributed by atoms with E-state index in [9.17, 15) is 4.79 Å². The molecule has 2 amide bonds. The van der Waals surface area contributed by atoms with Crippen molar-refractivity contribution in [2.45, 2.75) is 0 Å². The fourth-order valence-electron chi connectivity index (χ4n) is 0.965. The van der Waals surface area contributed by atoms with Crippen LogP contribution in [0.25, 0.3) is 0 Å². The van der Waals surface area contributed by atoms with Gasteiger partial charge in [-0.15, -0.1) is 0 Å². The van der Waals surface area contributed by atoms with Crippen molar-refractivity contribution in [1.82, 2.24) is 5.43 Å². The number of nitrogens with two attached hydrogens (primary N) is 1. The van der Waals surface area contributed by atoms with Crippen LogP contribution in [-0.4, -0.2) is 24.0 Å². The topological polar surface area (TPSA) is 87.7 Å². The average Bonchev–Trinajstić information content (AvgIpc) is 2.27. The second-order valence-electron chi connectivity index (χ2n) is 2.82. The van der Waals surface area contributed by atoms with Gasteiger partial charge in [-0.3, -0.25) is 0 Å². The number of rotatable bonds is 2. The first-order valence-electron chi connectivity index (χ1n) is 4.50. The summed E-state index contributed by atoms with van der Waals surface area (Å²) in [4.78, 5) is 10.3. The van der Waals surface area contributed by atoms with E-state index in [1.165, 1.54) is 6.21 Å². The molecule has 82 valence electrons. The molecule has 0 aliphatic carbocycles. The highest BCUT2D eigenvalue weighted by molar-refractivity contribution is 5.81. The Labute approximate surface area is 93.0 Å². The minimum absolute atomic E-state index is 0.161. The molecule has 0 unspecified atom stereocenters. The first-order chi connectivity index (χ1) is 7.72. The molecule has 0 saturated carbocycles. The molecule has 5 nitrogen and oxygen atoms in total. The fourth-order valence-corrected chi connectivity index (χ4v) is 0.965. The fraction of sp³-hybridized carbons (Fsp3) is 0.0909. The molecule has 1 aromatic rings. The maximum absolute atomic E-state index is 10.3. The predicted octanol–water partition coefficient (Wildman–Crippen LogP) is 0.0326. The minimum atomic E-state index is -0.707. The van der Waals surface area contributed by atoms with Crippen LogP contribution in [0, 0.1) is 11.8 Å². The lowest BCUT2D eigenvalue weighted by molar-refractivity contribution is 0.249. The van der Waals surface area contributed by atoms with Crippen LogP contribution in [0.5, 0.6) is 0 Å². The van der Waals surface area contributed by atoms with Crippen molar-refractivity contribution in [2.24, 2.45) is 10.8 Å². The molecule has 1 aromatic carbocycles. The highest BCUT2D eigenvalue weighted by Crippen LogP contribution is 2.00. The van der Waals surface area contributed by atoms with Crippen LogP contribution in [0.2, 0.25) is 0 Å². The third-order valence-corrected chi connectivity index (χ3v) is 1.61. The Kier molecular flexibility index (Phi) is 4.57. The molecule has 0 aliphatic rings. The third-order valence-electron chi connectivity index (χ3n) is 1.61. The monoisotopic (exact) mass is 217 g/mol. The molecule has 0 aliphatic heterocycles. The molecule has 0 radical (unpaired) electrons. The van der Waals surface area contributed by atoms with Gasteiger partial charge in [0.25, 0.3) is 0 Å². The van der Waals surface area contributed by atoms with Crippen molar-refractivity contribution in [3.63, 3.8) is 0 Å². The summed E-state index contributed by atoms with van der Waals surface area (Å²) in [5.41, 5.74) is 8.53. The highest BCUT2D eigenvalue weighted by Gasteiger charge is 1.89. The van der Waals surface area contributed by atoms with Crippen LogP contribution in [0.3, 0.4) is 0 Å². The zero-order valence-electron chi connectivity index (χ0n) is 8.47. The zero-order chi connectivity index (χ0) is 11.8. The molecular formula is C11H11N3O2. The van der Waals surface area contributed by atoms with Crippen molar-refractivity contribution in [3.8, 4) is 11.8 Å². The Bertz CT molecular complexity index is 441. The second-order valence-corrected chi connectivity index (χ2v) is 2.82. The van der Waals surface area contributed by atoms with Crippen LogP contribution in [0.4, 0.5) is 4.79 Å². The summed E-state index contributed by atoms with van der Waals surface area (Å²) in [6, 6.07) is 6.44. The number of hydrogen-bond acceptors (Lipinski definition) is 3. The Morgan fingerprint density at radius 2 is 2.19 bits per heavy atom. The molecular weight excluding hydrogens is 206 g/mol. The maximum Gasteiger partial charge on any atom is 0.332 e. The quantitative estimate of drug-likeness (QED) is 0.371. The summed E-state index contributed by atoms with van der Waals surface area (Å²) in [5, 5.41) is 12.1. The van der Waals surface area contributed by atoms with E-state index < -0.39 is 6.03 Å². The van der Waals surface area contributed by atoms with Crippen LogP contribution >= 0.6 is 0 Å². The maximum atomic E-state index is 10.3. The summed E-state index contributed by atoms with van der Waals surface area (Å²) in [6.07, 6.45) is 1.47. The zero-order valence-corrected chi connectivity index (χ0v) is 8.47. The molecule has 16 heavy (non-hydrogen) atoms. The highest BCUT2D eigenvalue weighted by atomic mass is 16.2. The number of aliphatic hydroxyl groups excluding tert-OH is 1. The van der Waals surface area contributed by atoms with E-state index in [2.05, 4.69) is 22.4 Å². The van der Waals surface area contributed by atoms with Gasteiger partial charge in [-0.2, -0.15) is 5.10 Å². The molecule has 0 saturated heterocycles. The van der Waals surface area contributed by atoms with Gasteiger partial charge in [-0.1, -0.05) is 24.0 Å². The van der Waals surface area contributed by atoms with Crippen molar-refractivity contribution in [3.05, 3.63) is 35.4 Å². The summed E-state index contributed by atoms with van der Waals surface area (Å²) in [5.74, 6) is 5.30. The number of urea groups is 1. The largest absolute Gasteiger partial charge is 0.384 e. The Balaban J connectivity index is 2.64. The lowest BCUT2D eigenvalue weighted by atomic mass is 10.1. The SMILES string of the molecule is NC(=O)NN=Cc1ccc(C#CCO)cc1. The van der Waals surface area contributed by atoms with Gasteiger partial charge in [0, 0.05) is 5.56 Å². The number of nitrogens with one attached hydrogen (secondary N) is 1. The van der Waals surface area contributed by atoms with Crippen molar-refractivity contribution in [1.29, 1.82) is 0 Å². The summed E-state index contributed by atoms with van der Waals surface area (Å²) in [6.45, 7) is -0.161. The Morgan fingerprint density at radius 1 is 1.50 bits per heavy atom. The molecule has 0 atom stereocenters. The molecule has 0 fully saturated rings. The van der Waals surface area contributed by atoms with Gasteiger partial charge in [0.2, 0.25) is 0 Å². The standard InChI is InChI=1S/C11H11N3O2/c12-11(16)14-13-8-10-5-3-9(4-6-10)2-1-7-15/h3-6,8,15H,7H2,(H3,12,14,16). The number of nitrogens with zero attached hydrogens (tertiary/aromatic N) is 1. The van der Waals surface area contributed by atoms with Gasteiger partial charge in [0.05, 0.1) is 6.21 Å². The van der Waals surface area contributed by atoms with Gasteiger partial charge >= 0.3 is 6.03 Å². The molecule has 4 N–H and O–H groups in total. The minimum Gasteiger partial charge on any atom is -0.384 e. The first kappa shape index (κ1) is 11.8. The van der Waals surface area contributed by atoms with Crippen LogP contribution in [-0.2, 0) is 0 Å². The number of carbonyl (C=O) groups is 1. The number of hydrogen-bond donors (Lipinski definition) is 3.